The molecule has 0 aromatic rings. The minimum absolute atomic E-state index is 0.00289. The standard InChI is InChI=1S/C40H69NO/c1-14-19-36(11,32(15-2)42-25-38(13,41)34(6,7)8)31-17-16-30-29(35(31,9)10)18-20-40-24-28-23-39(33(28)40,27(5)26(3)4)22-21-37(30,40)12/h18,24,26-27,30-33H,14-17,19-23,25,41H2,1-13H3/t27-,30?,31?,32?,33-,36?,37?,38+,39+,40-/m1/s1. The van der Waals surface area contributed by atoms with Crippen LogP contribution in [0.4, 0.5) is 0 Å². The zero-order valence-electron chi connectivity index (χ0n) is 30.2. The minimum Gasteiger partial charge on any atom is -0.376 e. The van der Waals surface area contributed by atoms with Crippen molar-refractivity contribution in [2.45, 2.75) is 159 Å². The topological polar surface area (TPSA) is 35.2 Å². The van der Waals surface area contributed by atoms with Crippen molar-refractivity contribution >= 4 is 0 Å². The summed E-state index contributed by atoms with van der Waals surface area (Å²) in [5, 5.41) is 0. The number of ether oxygens (including phenoxy) is 1. The average Bonchev–Trinajstić information content (AvgIpc) is 2.85. The van der Waals surface area contributed by atoms with E-state index in [0.29, 0.717) is 28.8 Å². The maximum atomic E-state index is 6.94. The molecule has 10 atom stereocenters. The van der Waals surface area contributed by atoms with Crippen LogP contribution in [0.5, 0.6) is 0 Å². The van der Waals surface area contributed by atoms with Crippen LogP contribution in [0.1, 0.15) is 148 Å². The molecule has 0 bridgehead atoms. The first-order valence-corrected chi connectivity index (χ1v) is 18.1. The average molecular weight is 580 g/mol. The van der Waals surface area contributed by atoms with Gasteiger partial charge in [0, 0.05) is 11.0 Å². The largest absolute Gasteiger partial charge is 0.376 e. The second-order valence-corrected chi connectivity index (χ2v) is 19.0. The summed E-state index contributed by atoms with van der Waals surface area (Å²) in [4.78, 5) is 0. The molecule has 5 aliphatic carbocycles. The number of allylic oxidation sites excluding steroid dienone is 4. The maximum absolute atomic E-state index is 6.94. The Hall–Kier alpha value is -0.600. The van der Waals surface area contributed by atoms with Crippen LogP contribution in [-0.4, -0.2) is 18.2 Å². The first-order valence-electron chi connectivity index (χ1n) is 18.1. The first kappa shape index (κ1) is 32.8. The van der Waals surface area contributed by atoms with Crippen molar-refractivity contribution < 1.29 is 4.74 Å². The summed E-state index contributed by atoms with van der Waals surface area (Å²) in [6.45, 7) is 32.4. The van der Waals surface area contributed by atoms with Gasteiger partial charge in [-0.1, -0.05) is 113 Å². The summed E-state index contributed by atoms with van der Waals surface area (Å²) in [6, 6.07) is 0. The van der Waals surface area contributed by atoms with Gasteiger partial charge < -0.3 is 10.5 Å². The van der Waals surface area contributed by atoms with Gasteiger partial charge in [-0.3, -0.25) is 0 Å². The Morgan fingerprint density at radius 3 is 2.21 bits per heavy atom. The molecular weight excluding hydrogens is 510 g/mol. The molecule has 5 unspecified atom stereocenters. The van der Waals surface area contributed by atoms with Gasteiger partial charge in [0.1, 0.15) is 0 Å². The molecule has 0 radical (unpaired) electrons. The third kappa shape index (κ3) is 4.22. The minimum atomic E-state index is -0.352. The lowest BCUT2D eigenvalue weighted by atomic mass is 9.25. The van der Waals surface area contributed by atoms with Crippen LogP contribution >= 0.6 is 0 Å². The van der Waals surface area contributed by atoms with Crippen LogP contribution in [0.3, 0.4) is 0 Å². The van der Waals surface area contributed by atoms with E-state index in [1.54, 1.807) is 0 Å². The van der Waals surface area contributed by atoms with Crippen molar-refractivity contribution in [3.05, 3.63) is 23.3 Å². The fraction of sp³-hybridized carbons (Fsp3) is 0.900. The highest BCUT2D eigenvalue weighted by Crippen LogP contribution is 2.83. The second-order valence-electron chi connectivity index (χ2n) is 19.0. The molecule has 2 nitrogen and oxygen atoms in total. The summed E-state index contributed by atoms with van der Waals surface area (Å²) < 4.78 is 6.94. The third-order valence-corrected chi connectivity index (χ3v) is 15.7. The van der Waals surface area contributed by atoms with E-state index in [1.165, 1.54) is 51.4 Å². The van der Waals surface area contributed by atoms with Gasteiger partial charge in [0.15, 0.2) is 0 Å². The van der Waals surface area contributed by atoms with Gasteiger partial charge in [-0.05, 0) is 115 Å². The Morgan fingerprint density at radius 2 is 1.67 bits per heavy atom. The second kappa shape index (κ2) is 10.2. The van der Waals surface area contributed by atoms with Crippen LogP contribution < -0.4 is 5.73 Å². The van der Waals surface area contributed by atoms with Crippen molar-refractivity contribution in [3.63, 3.8) is 0 Å². The SMILES string of the molecule is CCCC(C)(C(CC)OC[C@](C)(N)C(C)(C)C)C1CCC2C(=CC[C@]34C=C5C[C@]([C@H](C)C(C)C)(CCC23C)[C@@H]54)C1(C)C. The fourth-order valence-corrected chi connectivity index (χ4v) is 12.2. The first-order chi connectivity index (χ1) is 19.3. The van der Waals surface area contributed by atoms with E-state index >= 15 is 0 Å². The molecule has 5 rings (SSSR count). The van der Waals surface area contributed by atoms with E-state index in [-0.39, 0.29) is 27.9 Å². The van der Waals surface area contributed by atoms with E-state index in [4.69, 9.17) is 10.5 Å². The van der Waals surface area contributed by atoms with E-state index in [9.17, 15) is 0 Å². The molecule has 0 heterocycles. The Balaban J connectivity index is 1.46. The summed E-state index contributed by atoms with van der Waals surface area (Å²) in [7, 11) is 0. The van der Waals surface area contributed by atoms with E-state index in [0.717, 1.165) is 30.1 Å². The summed E-state index contributed by atoms with van der Waals surface area (Å²) in [6.07, 6.45) is 17.6. The van der Waals surface area contributed by atoms with Gasteiger partial charge in [0.25, 0.3) is 0 Å². The van der Waals surface area contributed by atoms with Gasteiger partial charge in [0.05, 0.1) is 12.7 Å². The summed E-state index contributed by atoms with van der Waals surface area (Å²) in [5.74, 6) is 3.81. The van der Waals surface area contributed by atoms with Gasteiger partial charge in [-0.2, -0.15) is 0 Å². The highest BCUT2D eigenvalue weighted by atomic mass is 16.5. The fourth-order valence-electron chi connectivity index (χ4n) is 12.2. The molecule has 42 heavy (non-hydrogen) atoms. The maximum Gasteiger partial charge on any atom is 0.0652 e. The Bertz CT molecular complexity index is 1100. The number of rotatable bonds is 10. The van der Waals surface area contributed by atoms with E-state index < -0.39 is 0 Å². The van der Waals surface area contributed by atoms with Crippen molar-refractivity contribution in [2.24, 2.45) is 67.8 Å². The zero-order chi connectivity index (χ0) is 31.3. The van der Waals surface area contributed by atoms with Gasteiger partial charge >= 0.3 is 0 Å². The molecule has 1 spiro atoms. The van der Waals surface area contributed by atoms with Crippen LogP contribution in [0, 0.1) is 62.1 Å². The molecule has 0 aromatic heterocycles. The Morgan fingerprint density at radius 1 is 1.00 bits per heavy atom. The predicted octanol–water partition coefficient (Wildman–Crippen LogP) is 10.8. The van der Waals surface area contributed by atoms with Crippen LogP contribution in [0.2, 0.25) is 0 Å². The molecule has 2 heteroatoms. The van der Waals surface area contributed by atoms with Gasteiger partial charge in [0.2, 0.25) is 0 Å². The van der Waals surface area contributed by atoms with Crippen molar-refractivity contribution in [2.75, 3.05) is 6.61 Å². The molecular formula is C40H69NO. The monoisotopic (exact) mass is 580 g/mol. The number of nitrogens with two attached hydrogens (primary N) is 1. The predicted molar refractivity (Wildman–Crippen MR) is 180 cm³/mol. The molecule has 2 N–H and O–H groups in total. The molecule has 0 amide bonds. The lowest BCUT2D eigenvalue weighted by Crippen LogP contribution is -2.71. The molecule has 3 fully saturated rings. The quantitative estimate of drug-likeness (QED) is 0.261. The molecule has 0 aliphatic heterocycles. The Kier molecular flexibility index (Phi) is 7.96. The lowest BCUT2D eigenvalue weighted by molar-refractivity contribution is -0.204. The van der Waals surface area contributed by atoms with E-state index in [1.807, 2.05) is 11.1 Å². The number of fused-ring (bicyclic) bond motifs is 2. The molecule has 0 saturated heterocycles. The third-order valence-electron chi connectivity index (χ3n) is 15.7. The molecule has 240 valence electrons. The molecule has 0 aromatic carbocycles. The van der Waals surface area contributed by atoms with Gasteiger partial charge in [-0.15, -0.1) is 0 Å². The highest BCUT2D eigenvalue weighted by molar-refractivity contribution is 5.49. The molecule has 5 aliphatic rings. The van der Waals surface area contributed by atoms with Crippen LogP contribution in [-0.2, 0) is 4.74 Å². The van der Waals surface area contributed by atoms with Crippen molar-refractivity contribution in [3.8, 4) is 0 Å². The summed E-state index contributed by atoms with van der Waals surface area (Å²) in [5.41, 5.74) is 11.9. The number of hydrogen-bond acceptors (Lipinski definition) is 2. The van der Waals surface area contributed by atoms with Crippen LogP contribution in [0.25, 0.3) is 0 Å². The smallest absolute Gasteiger partial charge is 0.0652 e. The van der Waals surface area contributed by atoms with E-state index in [2.05, 4.69) is 102 Å². The molecule has 3 saturated carbocycles. The lowest BCUT2D eigenvalue weighted by Gasteiger charge is -2.78. The Labute approximate surface area is 261 Å². The number of hydrogen-bond donors (Lipinski definition) is 1. The summed E-state index contributed by atoms with van der Waals surface area (Å²) >= 11 is 0. The van der Waals surface area contributed by atoms with Gasteiger partial charge in [-0.25, -0.2) is 0 Å². The normalized spacial score (nSPS) is 41.0. The highest BCUT2D eigenvalue weighted by Gasteiger charge is 2.75. The van der Waals surface area contributed by atoms with Crippen molar-refractivity contribution in [1.82, 2.24) is 0 Å². The van der Waals surface area contributed by atoms with Crippen LogP contribution in [0.15, 0.2) is 23.3 Å². The van der Waals surface area contributed by atoms with Crippen molar-refractivity contribution in [1.29, 1.82) is 0 Å². The zero-order valence-corrected chi connectivity index (χ0v) is 30.2.